The van der Waals surface area contributed by atoms with Gasteiger partial charge in [0, 0.05) is 41.4 Å². The molecule has 0 aromatic rings. The molecule has 4 nitrogen and oxygen atoms in total. The van der Waals surface area contributed by atoms with Crippen LogP contribution in [0.1, 0.15) is 44.9 Å². The van der Waals surface area contributed by atoms with Crippen molar-refractivity contribution in [2.45, 2.75) is 51.0 Å². The fourth-order valence-electron chi connectivity index (χ4n) is 3.16. The molecular weight excluding hydrogens is 272 g/mol. The molecule has 2 aliphatic heterocycles. The number of carbonyl (C=O) groups is 1. The van der Waals surface area contributed by atoms with Crippen molar-refractivity contribution in [2.75, 3.05) is 38.2 Å². The maximum absolute atomic E-state index is 12.4. The Hall–Kier alpha value is -0.420. The van der Waals surface area contributed by atoms with Gasteiger partial charge in [-0.2, -0.15) is 0 Å². The summed E-state index contributed by atoms with van der Waals surface area (Å²) in [6.07, 6.45) is 8.08. The van der Waals surface area contributed by atoms with Crippen molar-refractivity contribution in [2.24, 2.45) is 0 Å². The van der Waals surface area contributed by atoms with Gasteiger partial charge in [-0.05, 0) is 32.7 Å². The van der Waals surface area contributed by atoms with Gasteiger partial charge in [-0.15, -0.1) is 0 Å². The zero-order valence-electron chi connectivity index (χ0n) is 12.7. The second kappa shape index (κ2) is 8.13. The summed E-state index contributed by atoms with van der Waals surface area (Å²) in [7, 11) is 1.42. The molecule has 2 fully saturated rings. The lowest BCUT2D eigenvalue weighted by Gasteiger charge is -2.32. The van der Waals surface area contributed by atoms with Crippen LogP contribution < -0.4 is 0 Å². The number of carbonyl (C=O) groups excluding carboxylic acids is 1. The van der Waals surface area contributed by atoms with Crippen molar-refractivity contribution >= 4 is 16.7 Å². The number of hydrogen-bond acceptors (Lipinski definition) is 3. The molecule has 2 heterocycles. The third-order valence-corrected chi connectivity index (χ3v) is 5.96. The van der Waals surface area contributed by atoms with Gasteiger partial charge in [0.25, 0.3) is 0 Å². The smallest absolute Gasteiger partial charge is 0.236 e. The average Bonchev–Trinajstić information content (AvgIpc) is 2.38. The summed E-state index contributed by atoms with van der Waals surface area (Å²) in [4.78, 5) is 16.6. The highest BCUT2D eigenvalue weighted by molar-refractivity contribution is 7.85. The topological polar surface area (TPSA) is 40.6 Å². The molecule has 5 heteroatoms. The molecule has 0 aromatic carbocycles. The van der Waals surface area contributed by atoms with Crippen LogP contribution in [0.15, 0.2) is 0 Å². The fourth-order valence-corrected chi connectivity index (χ4v) is 4.44. The van der Waals surface area contributed by atoms with Crippen LogP contribution in [0.3, 0.4) is 0 Å². The number of likely N-dealkylation sites (N-methyl/N-ethyl adjacent to an activating group) is 1. The molecule has 0 spiro atoms. The number of rotatable bonds is 3. The summed E-state index contributed by atoms with van der Waals surface area (Å²) >= 11 is 0. The van der Waals surface area contributed by atoms with E-state index in [0.717, 1.165) is 50.3 Å². The summed E-state index contributed by atoms with van der Waals surface area (Å²) in [5.41, 5.74) is 0. The van der Waals surface area contributed by atoms with E-state index in [4.69, 9.17) is 0 Å². The van der Waals surface area contributed by atoms with Gasteiger partial charge >= 0.3 is 0 Å². The van der Waals surface area contributed by atoms with Crippen LogP contribution in [0.2, 0.25) is 0 Å². The quantitative estimate of drug-likeness (QED) is 0.795. The van der Waals surface area contributed by atoms with Gasteiger partial charge in [0.15, 0.2) is 0 Å². The molecule has 0 saturated carbocycles. The summed E-state index contributed by atoms with van der Waals surface area (Å²) in [5, 5.41) is 0. The first kappa shape index (κ1) is 16.0. The van der Waals surface area contributed by atoms with Crippen molar-refractivity contribution < 1.29 is 9.00 Å². The molecule has 2 saturated heterocycles. The molecule has 0 aromatic heterocycles. The van der Waals surface area contributed by atoms with Gasteiger partial charge in [-0.25, -0.2) is 0 Å². The monoisotopic (exact) mass is 300 g/mol. The normalized spacial score (nSPS) is 29.0. The maximum Gasteiger partial charge on any atom is 0.236 e. The molecular formula is C15H28N2O2S. The average molecular weight is 300 g/mol. The van der Waals surface area contributed by atoms with Crippen LogP contribution in [0.25, 0.3) is 0 Å². The number of likely N-dealkylation sites (tertiary alicyclic amines) is 1. The zero-order chi connectivity index (χ0) is 14.4. The number of hydrogen-bond donors (Lipinski definition) is 0. The minimum absolute atomic E-state index is 0.279. The summed E-state index contributed by atoms with van der Waals surface area (Å²) in [6, 6.07) is 0.436. The first-order chi connectivity index (χ1) is 9.66. The Bertz CT molecular complexity index is 331. The Morgan fingerprint density at radius 1 is 1.10 bits per heavy atom. The molecule has 0 atom stereocenters. The van der Waals surface area contributed by atoms with Crippen molar-refractivity contribution in [3.05, 3.63) is 0 Å². The van der Waals surface area contributed by atoms with Crippen LogP contribution in [-0.2, 0) is 15.6 Å². The van der Waals surface area contributed by atoms with Gasteiger partial charge < -0.3 is 4.90 Å². The molecule has 2 aliphatic rings. The lowest BCUT2D eigenvalue weighted by atomic mass is 10.1. The van der Waals surface area contributed by atoms with Crippen LogP contribution >= 0.6 is 0 Å². The third-order valence-electron chi connectivity index (χ3n) is 4.57. The maximum atomic E-state index is 12.4. The van der Waals surface area contributed by atoms with E-state index in [0.29, 0.717) is 12.6 Å². The zero-order valence-corrected chi connectivity index (χ0v) is 13.5. The molecule has 0 bridgehead atoms. The second-order valence-corrected chi connectivity index (χ2v) is 7.84. The number of nitrogens with zero attached hydrogens (tertiary/aromatic N) is 2. The highest BCUT2D eigenvalue weighted by Crippen LogP contribution is 2.16. The van der Waals surface area contributed by atoms with Crippen molar-refractivity contribution in [3.63, 3.8) is 0 Å². The van der Waals surface area contributed by atoms with Gasteiger partial charge in [0.2, 0.25) is 5.91 Å². The van der Waals surface area contributed by atoms with E-state index < -0.39 is 10.8 Å². The van der Waals surface area contributed by atoms with Gasteiger partial charge in [-0.3, -0.25) is 13.9 Å². The van der Waals surface area contributed by atoms with Gasteiger partial charge in [-0.1, -0.05) is 19.3 Å². The molecule has 0 radical (unpaired) electrons. The Morgan fingerprint density at radius 3 is 2.25 bits per heavy atom. The van der Waals surface area contributed by atoms with Crippen molar-refractivity contribution in [1.82, 2.24) is 9.80 Å². The molecule has 20 heavy (non-hydrogen) atoms. The lowest BCUT2D eigenvalue weighted by molar-refractivity contribution is -0.133. The summed E-state index contributed by atoms with van der Waals surface area (Å²) in [6.45, 7) is 2.39. The molecule has 0 N–H and O–H groups in total. The lowest BCUT2D eigenvalue weighted by Crippen LogP contribution is -2.45. The first-order valence-corrected chi connectivity index (χ1v) is 9.48. The Labute approximate surface area is 125 Å². The standard InChI is InChI=1S/C15H28N2O2S/c1-16(14-7-11-20(19)12-8-14)13-15(18)17-9-5-3-2-4-6-10-17/h14H,2-13H2,1H3. The van der Waals surface area contributed by atoms with Crippen LogP contribution in [0, 0.1) is 0 Å². The van der Waals surface area contributed by atoms with Gasteiger partial charge in [0.05, 0.1) is 6.54 Å². The number of amides is 1. The predicted molar refractivity (Wildman–Crippen MR) is 83.2 cm³/mol. The molecule has 2 rings (SSSR count). The van der Waals surface area contributed by atoms with E-state index >= 15 is 0 Å². The third kappa shape index (κ3) is 4.85. The van der Waals surface area contributed by atoms with Crippen molar-refractivity contribution in [3.8, 4) is 0 Å². The van der Waals surface area contributed by atoms with E-state index in [9.17, 15) is 9.00 Å². The molecule has 1 amide bonds. The van der Waals surface area contributed by atoms with Crippen LogP contribution in [0.4, 0.5) is 0 Å². The van der Waals surface area contributed by atoms with Crippen LogP contribution in [0.5, 0.6) is 0 Å². The molecule has 0 aliphatic carbocycles. The minimum Gasteiger partial charge on any atom is -0.342 e. The SMILES string of the molecule is CN(CC(=O)N1CCCCCCC1)C1CCS(=O)CC1. The molecule has 116 valence electrons. The minimum atomic E-state index is -0.621. The highest BCUT2D eigenvalue weighted by atomic mass is 32.2. The van der Waals surface area contributed by atoms with E-state index in [1.807, 2.05) is 7.05 Å². The Morgan fingerprint density at radius 2 is 1.65 bits per heavy atom. The second-order valence-electron chi connectivity index (χ2n) is 6.14. The first-order valence-electron chi connectivity index (χ1n) is 8.00. The summed E-state index contributed by atoms with van der Waals surface area (Å²) < 4.78 is 11.4. The fraction of sp³-hybridized carbons (Fsp3) is 0.933. The summed E-state index contributed by atoms with van der Waals surface area (Å²) in [5.74, 6) is 1.88. The van der Waals surface area contributed by atoms with E-state index in [1.54, 1.807) is 0 Å². The predicted octanol–water partition coefficient (Wildman–Crippen LogP) is 1.62. The van der Waals surface area contributed by atoms with Gasteiger partial charge in [0.1, 0.15) is 0 Å². The Kier molecular flexibility index (Phi) is 6.49. The van der Waals surface area contributed by atoms with E-state index in [1.165, 1.54) is 19.3 Å². The van der Waals surface area contributed by atoms with Crippen molar-refractivity contribution in [1.29, 1.82) is 0 Å². The van der Waals surface area contributed by atoms with E-state index in [-0.39, 0.29) is 5.91 Å². The highest BCUT2D eigenvalue weighted by Gasteiger charge is 2.24. The largest absolute Gasteiger partial charge is 0.342 e. The van der Waals surface area contributed by atoms with Crippen LogP contribution in [-0.4, -0.2) is 64.1 Å². The van der Waals surface area contributed by atoms with E-state index in [2.05, 4.69) is 9.80 Å². The molecule has 0 unspecified atom stereocenters. The Balaban J connectivity index is 1.78.